The lowest BCUT2D eigenvalue weighted by atomic mass is 9.91. The predicted molar refractivity (Wildman–Crippen MR) is 121 cm³/mol. The number of rotatable bonds is 2. The van der Waals surface area contributed by atoms with Crippen LogP contribution in [-0.2, 0) is 4.74 Å². The van der Waals surface area contributed by atoms with Gasteiger partial charge in [-0.1, -0.05) is 6.07 Å². The molecule has 2 aromatic carbocycles. The van der Waals surface area contributed by atoms with E-state index in [1.807, 2.05) is 39.8 Å². The molecule has 2 N–H and O–H groups in total. The second-order valence-corrected chi connectivity index (χ2v) is 8.47. The quantitative estimate of drug-likeness (QED) is 0.395. The van der Waals surface area contributed by atoms with Crippen LogP contribution < -0.4 is 10.7 Å². The Balaban J connectivity index is 1.84. The zero-order valence-electron chi connectivity index (χ0n) is 17.8. The average molecular weight is 417 g/mol. The highest BCUT2D eigenvalue weighted by Crippen LogP contribution is 2.42. The molecule has 1 amide bonds. The molecule has 0 radical (unpaired) electrons. The number of hydrogen-bond donors (Lipinski definition) is 2. The molecule has 0 aromatic heterocycles. The molecule has 158 valence electrons. The number of anilines is 1. The van der Waals surface area contributed by atoms with E-state index in [1.165, 1.54) is 18.2 Å². The zero-order chi connectivity index (χ0) is 22.3. The molecule has 0 fully saturated rings. The summed E-state index contributed by atoms with van der Waals surface area (Å²) >= 11 is 0. The second-order valence-electron chi connectivity index (χ2n) is 8.47. The molecule has 0 spiro atoms. The minimum absolute atomic E-state index is 0.0773. The molecule has 0 saturated carbocycles. The van der Waals surface area contributed by atoms with Crippen LogP contribution >= 0.6 is 0 Å². The molecule has 6 heteroatoms. The smallest absolute Gasteiger partial charge is 0.412 e. The van der Waals surface area contributed by atoms with E-state index in [9.17, 15) is 14.7 Å². The number of hydrogen-bond acceptors (Lipinski definition) is 5. The molecule has 1 aliphatic carbocycles. The highest BCUT2D eigenvalue weighted by Gasteiger charge is 2.20. The molecule has 31 heavy (non-hydrogen) atoms. The molecular weight excluding hydrogens is 394 g/mol. The molecule has 1 aliphatic heterocycles. The third-order valence-corrected chi connectivity index (χ3v) is 4.82. The Morgan fingerprint density at radius 1 is 1.00 bits per heavy atom. The average Bonchev–Trinajstić information content (AvgIpc) is 2.65. The number of amides is 1. The van der Waals surface area contributed by atoms with Gasteiger partial charge in [0.15, 0.2) is 5.43 Å². The largest absolute Gasteiger partial charge is 0.508 e. The van der Waals surface area contributed by atoms with E-state index in [1.54, 1.807) is 24.3 Å². The van der Waals surface area contributed by atoms with Crippen molar-refractivity contribution in [2.75, 3.05) is 5.32 Å². The number of benzene rings is 3. The number of aromatic hydroxyl groups is 1. The Kier molecular flexibility index (Phi) is 4.93. The number of carbonyl (C=O) groups excluding carboxylic acids is 1. The van der Waals surface area contributed by atoms with Gasteiger partial charge in [-0.25, -0.2) is 4.79 Å². The zero-order valence-corrected chi connectivity index (χ0v) is 17.8. The van der Waals surface area contributed by atoms with E-state index in [0.717, 1.165) is 27.6 Å². The van der Waals surface area contributed by atoms with Gasteiger partial charge in [-0.05, 0) is 75.2 Å². The fraction of sp³-hybridized carbons (Fsp3) is 0.200. The van der Waals surface area contributed by atoms with Gasteiger partial charge in [0, 0.05) is 34.3 Å². The van der Waals surface area contributed by atoms with E-state index in [4.69, 9.17) is 9.15 Å². The van der Waals surface area contributed by atoms with E-state index in [2.05, 4.69) is 5.32 Å². The summed E-state index contributed by atoms with van der Waals surface area (Å²) in [7, 11) is 0. The van der Waals surface area contributed by atoms with Gasteiger partial charge < -0.3 is 14.3 Å². The predicted octanol–water partition coefficient (Wildman–Crippen LogP) is 5.93. The Hall–Kier alpha value is -3.80. The summed E-state index contributed by atoms with van der Waals surface area (Å²) < 4.78 is 11.2. The van der Waals surface area contributed by atoms with Crippen LogP contribution in [0.25, 0.3) is 33.4 Å². The number of phenols is 1. The van der Waals surface area contributed by atoms with Crippen molar-refractivity contribution in [1.29, 1.82) is 0 Å². The number of ether oxygens (including phenoxy) is 1. The van der Waals surface area contributed by atoms with Crippen molar-refractivity contribution in [3.63, 3.8) is 0 Å². The maximum absolute atomic E-state index is 12.1. The summed E-state index contributed by atoms with van der Waals surface area (Å²) in [6.45, 7) is 7.37. The summed E-state index contributed by atoms with van der Waals surface area (Å²) in [5.41, 5.74) is 3.86. The first kappa shape index (κ1) is 20.5. The van der Waals surface area contributed by atoms with Crippen molar-refractivity contribution in [3.05, 3.63) is 70.4 Å². The van der Waals surface area contributed by atoms with Gasteiger partial charge in [-0.15, -0.1) is 0 Å². The van der Waals surface area contributed by atoms with Crippen LogP contribution in [0.3, 0.4) is 0 Å². The van der Waals surface area contributed by atoms with Crippen molar-refractivity contribution in [3.8, 4) is 28.2 Å². The third kappa shape index (κ3) is 4.23. The molecule has 2 aliphatic rings. The Morgan fingerprint density at radius 3 is 2.45 bits per heavy atom. The van der Waals surface area contributed by atoms with Gasteiger partial charge in [0.1, 0.15) is 22.7 Å². The van der Waals surface area contributed by atoms with Crippen molar-refractivity contribution < 1.29 is 19.1 Å². The summed E-state index contributed by atoms with van der Waals surface area (Å²) in [6, 6.07) is 15.2. The van der Waals surface area contributed by atoms with Crippen LogP contribution in [0.1, 0.15) is 26.3 Å². The van der Waals surface area contributed by atoms with Crippen molar-refractivity contribution in [1.82, 2.24) is 0 Å². The van der Waals surface area contributed by atoms with Crippen LogP contribution in [0, 0.1) is 6.92 Å². The van der Waals surface area contributed by atoms with Crippen LogP contribution in [-0.4, -0.2) is 16.8 Å². The maximum atomic E-state index is 12.1. The highest BCUT2D eigenvalue weighted by molar-refractivity contribution is 6.03. The van der Waals surface area contributed by atoms with Crippen molar-refractivity contribution >= 4 is 22.7 Å². The SMILES string of the molecule is Cc1cc(NC(=O)OC(C)(C)C)ccc1-c1c2ccc(=O)cc-2oc2cc(O)ccc12. The number of nitrogens with one attached hydrogen (secondary N) is 1. The minimum Gasteiger partial charge on any atom is -0.508 e. The van der Waals surface area contributed by atoms with Crippen LogP contribution in [0.2, 0.25) is 0 Å². The number of carbonyl (C=O) groups is 1. The van der Waals surface area contributed by atoms with Gasteiger partial charge in [-0.3, -0.25) is 10.1 Å². The second kappa shape index (κ2) is 7.47. The summed E-state index contributed by atoms with van der Waals surface area (Å²) in [5, 5.41) is 13.5. The summed E-state index contributed by atoms with van der Waals surface area (Å²) in [6.07, 6.45) is -0.521. The van der Waals surface area contributed by atoms with Crippen LogP contribution in [0.15, 0.2) is 63.8 Å². The topological polar surface area (TPSA) is 88.8 Å². The summed E-state index contributed by atoms with van der Waals surface area (Å²) in [5.74, 6) is 0.518. The molecule has 0 saturated heterocycles. The lowest BCUT2D eigenvalue weighted by Gasteiger charge is -2.20. The summed E-state index contributed by atoms with van der Waals surface area (Å²) in [4.78, 5) is 24.0. The van der Waals surface area contributed by atoms with Gasteiger partial charge in [0.25, 0.3) is 0 Å². The highest BCUT2D eigenvalue weighted by atomic mass is 16.6. The monoisotopic (exact) mass is 417 g/mol. The van der Waals surface area contributed by atoms with E-state index < -0.39 is 11.7 Å². The Bertz CT molecular complexity index is 1330. The molecule has 6 nitrogen and oxygen atoms in total. The standard InChI is InChI=1S/C25H23NO5/c1-14-11-15(26-24(29)31-25(2,3)4)5-8-18(14)23-19-9-6-16(27)12-21(19)30-22-13-17(28)7-10-20(22)23/h5-13,27H,1-4H3,(H,26,29). The Labute approximate surface area is 179 Å². The Morgan fingerprint density at radius 2 is 1.74 bits per heavy atom. The molecule has 4 rings (SSSR count). The van der Waals surface area contributed by atoms with Crippen molar-refractivity contribution in [2.24, 2.45) is 0 Å². The first-order valence-electron chi connectivity index (χ1n) is 9.91. The molecule has 0 bridgehead atoms. The lowest BCUT2D eigenvalue weighted by Crippen LogP contribution is -2.27. The molecular formula is C25H23NO5. The molecule has 0 atom stereocenters. The van der Waals surface area contributed by atoms with Gasteiger partial charge in [0.05, 0.1) is 0 Å². The van der Waals surface area contributed by atoms with Gasteiger partial charge in [0.2, 0.25) is 0 Å². The number of aryl methyl sites for hydroxylation is 1. The van der Waals surface area contributed by atoms with Crippen LogP contribution in [0.4, 0.5) is 10.5 Å². The number of phenolic OH excluding ortho intramolecular Hbond substituents is 1. The lowest BCUT2D eigenvalue weighted by molar-refractivity contribution is 0.0636. The van der Waals surface area contributed by atoms with Crippen molar-refractivity contribution in [2.45, 2.75) is 33.3 Å². The fourth-order valence-electron chi connectivity index (χ4n) is 3.59. The maximum Gasteiger partial charge on any atom is 0.412 e. The van der Waals surface area contributed by atoms with Crippen LogP contribution in [0.5, 0.6) is 5.75 Å². The minimum atomic E-state index is -0.587. The molecule has 2 aromatic rings. The first-order valence-corrected chi connectivity index (χ1v) is 9.91. The molecule has 0 unspecified atom stereocenters. The number of fused-ring (bicyclic) bond motifs is 2. The normalized spacial score (nSPS) is 11.6. The van der Waals surface area contributed by atoms with E-state index >= 15 is 0 Å². The van der Waals surface area contributed by atoms with Gasteiger partial charge >= 0.3 is 6.09 Å². The van der Waals surface area contributed by atoms with E-state index in [0.29, 0.717) is 17.0 Å². The first-order chi connectivity index (χ1) is 14.6. The molecule has 1 heterocycles. The fourth-order valence-corrected chi connectivity index (χ4v) is 3.59. The third-order valence-electron chi connectivity index (χ3n) is 4.82. The van der Waals surface area contributed by atoms with Gasteiger partial charge in [-0.2, -0.15) is 0 Å². The van der Waals surface area contributed by atoms with E-state index in [-0.39, 0.29) is 11.2 Å².